The van der Waals surface area contributed by atoms with Crippen molar-refractivity contribution in [3.05, 3.63) is 46.2 Å². The second-order valence-corrected chi connectivity index (χ2v) is 5.13. The highest BCUT2D eigenvalue weighted by Crippen LogP contribution is 2.23. The molecule has 0 aliphatic rings. The second-order valence-electron chi connectivity index (χ2n) is 3.82. The molecule has 0 saturated carbocycles. The van der Waals surface area contributed by atoms with Crippen LogP contribution in [0.25, 0.3) is 0 Å². The van der Waals surface area contributed by atoms with E-state index in [1.54, 1.807) is 4.68 Å². The lowest BCUT2D eigenvalue weighted by atomic mass is 10.1. The highest BCUT2D eigenvalue weighted by Gasteiger charge is 2.21. The first kappa shape index (κ1) is 13.4. The Morgan fingerprint density at radius 3 is 2.67 bits per heavy atom. The monoisotopic (exact) mass is 371 g/mol. The van der Waals surface area contributed by atoms with Crippen LogP contribution in [0.1, 0.15) is 29.0 Å². The van der Waals surface area contributed by atoms with Crippen LogP contribution in [-0.4, -0.2) is 26.1 Å². The fourth-order valence-corrected chi connectivity index (χ4v) is 2.46. The minimum Gasteiger partial charge on any atom is -0.291 e. The standard InChI is InChI=1S/C12H11Br2N3O/c1-8(9-5-3-2-4-6-9)17-11(10(18)7-13)12(14)15-16-17/h2-6,8H,7H2,1H3/t8-/m1/s1. The molecule has 94 valence electrons. The van der Waals surface area contributed by atoms with Crippen LogP contribution in [0.15, 0.2) is 34.9 Å². The van der Waals surface area contributed by atoms with Crippen LogP contribution in [0.5, 0.6) is 0 Å². The summed E-state index contributed by atoms with van der Waals surface area (Å²) in [5, 5.41) is 8.21. The number of carbonyl (C=O) groups is 1. The van der Waals surface area contributed by atoms with Gasteiger partial charge in [0.2, 0.25) is 0 Å². The van der Waals surface area contributed by atoms with E-state index in [1.807, 2.05) is 37.3 Å². The molecule has 4 nitrogen and oxygen atoms in total. The van der Waals surface area contributed by atoms with Gasteiger partial charge in [-0.1, -0.05) is 51.5 Å². The topological polar surface area (TPSA) is 47.8 Å². The van der Waals surface area contributed by atoms with Crippen LogP contribution >= 0.6 is 31.9 Å². The summed E-state index contributed by atoms with van der Waals surface area (Å²) in [7, 11) is 0. The molecule has 18 heavy (non-hydrogen) atoms. The average molecular weight is 373 g/mol. The molecule has 0 aliphatic heterocycles. The molecule has 1 atom stereocenters. The summed E-state index contributed by atoms with van der Waals surface area (Å²) in [5.74, 6) is -0.0466. The molecule has 0 spiro atoms. The Bertz CT molecular complexity index is 554. The van der Waals surface area contributed by atoms with Gasteiger partial charge in [-0.2, -0.15) is 0 Å². The lowest BCUT2D eigenvalue weighted by molar-refractivity contribution is 0.101. The molecule has 0 bridgehead atoms. The van der Waals surface area contributed by atoms with E-state index in [2.05, 4.69) is 42.2 Å². The van der Waals surface area contributed by atoms with Gasteiger partial charge in [-0.15, -0.1) is 5.10 Å². The van der Waals surface area contributed by atoms with E-state index in [-0.39, 0.29) is 17.2 Å². The quantitative estimate of drug-likeness (QED) is 0.611. The largest absolute Gasteiger partial charge is 0.291 e. The summed E-state index contributed by atoms with van der Waals surface area (Å²) in [4.78, 5) is 11.9. The Balaban J connectivity index is 2.43. The number of aromatic nitrogens is 3. The van der Waals surface area contributed by atoms with E-state index in [0.717, 1.165) is 5.56 Å². The van der Waals surface area contributed by atoms with E-state index >= 15 is 0 Å². The molecular weight excluding hydrogens is 362 g/mol. The van der Waals surface area contributed by atoms with E-state index in [4.69, 9.17) is 0 Å². The van der Waals surface area contributed by atoms with Gasteiger partial charge in [-0.25, -0.2) is 4.68 Å². The molecule has 0 N–H and O–H groups in total. The van der Waals surface area contributed by atoms with Gasteiger partial charge in [0, 0.05) is 0 Å². The van der Waals surface area contributed by atoms with Crippen molar-refractivity contribution in [3.63, 3.8) is 0 Å². The Hall–Kier alpha value is -1.01. The van der Waals surface area contributed by atoms with E-state index in [0.29, 0.717) is 10.3 Å². The zero-order chi connectivity index (χ0) is 13.1. The second kappa shape index (κ2) is 5.75. The van der Waals surface area contributed by atoms with Gasteiger partial charge in [0.15, 0.2) is 10.4 Å². The number of carbonyl (C=O) groups excluding carboxylic acids is 1. The molecular formula is C12H11Br2N3O. The Morgan fingerprint density at radius 2 is 2.06 bits per heavy atom. The third-order valence-electron chi connectivity index (χ3n) is 2.69. The number of hydrogen-bond acceptors (Lipinski definition) is 3. The molecule has 2 rings (SSSR count). The van der Waals surface area contributed by atoms with Crippen LogP contribution in [0.3, 0.4) is 0 Å². The van der Waals surface area contributed by atoms with Crippen molar-refractivity contribution in [1.82, 2.24) is 15.0 Å². The van der Waals surface area contributed by atoms with Crippen LogP contribution in [-0.2, 0) is 0 Å². The number of alkyl halides is 1. The van der Waals surface area contributed by atoms with Crippen molar-refractivity contribution in [2.45, 2.75) is 13.0 Å². The summed E-state index contributed by atoms with van der Waals surface area (Å²) < 4.78 is 2.12. The number of rotatable bonds is 4. The number of hydrogen-bond donors (Lipinski definition) is 0. The summed E-state index contributed by atoms with van der Waals surface area (Å²) in [5.41, 5.74) is 1.57. The fraction of sp³-hybridized carbons (Fsp3) is 0.250. The number of halogens is 2. The van der Waals surface area contributed by atoms with Gasteiger partial charge >= 0.3 is 0 Å². The summed E-state index contributed by atoms with van der Waals surface area (Å²) >= 11 is 6.43. The average Bonchev–Trinajstić information content (AvgIpc) is 2.80. The minimum atomic E-state index is -0.0466. The molecule has 0 fully saturated rings. The molecule has 0 amide bonds. The van der Waals surface area contributed by atoms with E-state index in [1.165, 1.54) is 0 Å². The van der Waals surface area contributed by atoms with E-state index < -0.39 is 0 Å². The normalized spacial score (nSPS) is 12.4. The van der Waals surface area contributed by atoms with Crippen molar-refractivity contribution < 1.29 is 4.79 Å². The number of Topliss-reactive ketones (excluding diaryl/α,β-unsaturated/α-hetero) is 1. The summed E-state index contributed by atoms with van der Waals surface area (Å²) in [6.45, 7) is 1.99. The Morgan fingerprint density at radius 1 is 1.39 bits per heavy atom. The van der Waals surface area contributed by atoms with Crippen LogP contribution in [0, 0.1) is 0 Å². The van der Waals surface area contributed by atoms with Crippen molar-refractivity contribution in [2.24, 2.45) is 0 Å². The van der Waals surface area contributed by atoms with Crippen molar-refractivity contribution in [3.8, 4) is 0 Å². The maximum atomic E-state index is 11.9. The molecule has 6 heteroatoms. The van der Waals surface area contributed by atoms with Crippen LogP contribution < -0.4 is 0 Å². The van der Waals surface area contributed by atoms with Gasteiger partial charge in [0.25, 0.3) is 0 Å². The maximum Gasteiger partial charge on any atom is 0.194 e. The highest BCUT2D eigenvalue weighted by atomic mass is 79.9. The van der Waals surface area contributed by atoms with Crippen molar-refractivity contribution in [2.75, 3.05) is 5.33 Å². The van der Waals surface area contributed by atoms with Gasteiger partial charge in [-0.3, -0.25) is 4.79 Å². The molecule has 0 aliphatic carbocycles. The maximum absolute atomic E-state index is 11.9. The zero-order valence-corrected chi connectivity index (χ0v) is 12.8. The Kier molecular flexibility index (Phi) is 4.29. The third-order valence-corrected chi connectivity index (χ3v) is 3.73. The van der Waals surface area contributed by atoms with Gasteiger partial charge in [-0.05, 0) is 28.4 Å². The van der Waals surface area contributed by atoms with Gasteiger partial charge in [0.05, 0.1) is 11.4 Å². The predicted octanol–water partition coefficient (Wildman–Crippen LogP) is 3.23. The highest BCUT2D eigenvalue weighted by molar-refractivity contribution is 9.10. The summed E-state index contributed by atoms with van der Waals surface area (Å²) in [6, 6.07) is 9.85. The molecule has 0 unspecified atom stereocenters. The Labute approximate surface area is 122 Å². The molecule has 1 heterocycles. The molecule has 0 radical (unpaired) electrons. The van der Waals surface area contributed by atoms with E-state index in [9.17, 15) is 4.79 Å². The first-order valence-electron chi connectivity index (χ1n) is 5.40. The number of benzene rings is 1. The first-order valence-corrected chi connectivity index (χ1v) is 7.31. The third kappa shape index (κ3) is 2.54. The summed E-state index contributed by atoms with van der Waals surface area (Å²) in [6.07, 6.45) is 0. The molecule has 0 saturated heterocycles. The fourth-order valence-electron chi connectivity index (χ4n) is 1.72. The SMILES string of the molecule is C[C@H](c1ccccc1)n1nnc(Br)c1C(=O)CBr. The molecule has 1 aromatic heterocycles. The number of ketones is 1. The molecule has 2 aromatic rings. The minimum absolute atomic E-state index is 0.0389. The van der Waals surface area contributed by atoms with Crippen LogP contribution in [0.4, 0.5) is 0 Å². The smallest absolute Gasteiger partial charge is 0.194 e. The van der Waals surface area contributed by atoms with Crippen molar-refractivity contribution >= 4 is 37.6 Å². The van der Waals surface area contributed by atoms with Crippen LogP contribution in [0.2, 0.25) is 0 Å². The lowest BCUT2D eigenvalue weighted by Crippen LogP contribution is -2.16. The number of nitrogens with zero attached hydrogens (tertiary/aromatic N) is 3. The van der Waals surface area contributed by atoms with Crippen molar-refractivity contribution in [1.29, 1.82) is 0 Å². The molecule has 1 aromatic carbocycles. The van der Waals surface area contributed by atoms with Gasteiger partial charge in [0.1, 0.15) is 5.69 Å². The predicted molar refractivity (Wildman–Crippen MR) is 76.1 cm³/mol. The first-order chi connectivity index (χ1) is 8.65. The van der Waals surface area contributed by atoms with Gasteiger partial charge < -0.3 is 0 Å². The lowest BCUT2D eigenvalue weighted by Gasteiger charge is -2.14. The zero-order valence-electron chi connectivity index (χ0n) is 9.68.